The van der Waals surface area contributed by atoms with Gasteiger partial charge in [-0.3, -0.25) is 4.79 Å². The van der Waals surface area contributed by atoms with E-state index in [1.165, 1.54) is 0 Å². The second-order valence-corrected chi connectivity index (χ2v) is 4.99. The van der Waals surface area contributed by atoms with Crippen LogP contribution in [0.25, 0.3) is 0 Å². The predicted octanol–water partition coefficient (Wildman–Crippen LogP) is 2.02. The minimum Gasteiger partial charge on any atom is -0.482 e. The van der Waals surface area contributed by atoms with Crippen molar-refractivity contribution in [3.63, 3.8) is 0 Å². The van der Waals surface area contributed by atoms with Crippen molar-refractivity contribution in [3.05, 3.63) is 18.2 Å². The highest BCUT2D eigenvalue weighted by Crippen LogP contribution is 2.26. The molecular weight excluding hydrogens is 254 g/mol. The summed E-state index contributed by atoms with van der Waals surface area (Å²) in [5.41, 5.74) is 7.37. The van der Waals surface area contributed by atoms with Gasteiger partial charge in [-0.2, -0.15) is 0 Å². The Kier molecular flexibility index (Phi) is 6.15. The number of benzene rings is 1. The van der Waals surface area contributed by atoms with Crippen LogP contribution in [-0.2, 0) is 4.79 Å². The number of nitrogens with two attached hydrogens (primary N) is 1. The van der Waals surface area contributed by atoms with Gasteiger partial charge in [0.2, 0.25) is 0 Å². The van der Waals surface area contributed by atoms with E-state index in [9.17, 15) is 4.79 Å². The first kappa shape index (κ1) is 16.1. The zero-order valence-corrected chi connectivity index (χ0v) is 12.8. The van der Waals surface area contributed by atoms with Crippen LogP contribution in [0.1, 0.15) is 26.7 Å². The van der Waals surface area contributed by atoms with Gasteiger partial charge in [-0.15, -0.1) is 0 Å². The number of hydrogen-bond acceptors (Lipinski definition) is 4. The molecule has 0 heterocycles. The molecule has 0 atom stereocenters. The van der Waals surface area contributed by atoms with E-state index in [2.05, 4.69) is 5.32 Å². The standard InChI is InChI=1S/C15H25N3O2/c1-5-11(6-2)17-15(19)10-20-14-9-12(18(3)4)7-8-13(14)16/h7-9,11H,5-6,10,16H2,1-4H3,(H,17,19). The van der Waals surface area contributed by atoms with E-state index in [1.807, 2.05) is 45.0 Å². The lowest BCUT2D eigenvalue weighted by atomic mass is 10.2. The van der Waals surface area contributed by atoms with Crippen LogP contribution < -0.4 is 20.7 Å². The number of anilines is 2. The SMILES string of the molecule is CCC(CC)NC(=O)COc1cc(N(C)C)ccc1N. The van der Waals surface area contributed by atoms with Crippen molar-refractivity contribution in [2.24, 2.45) is 0 Å². The summed E-state index contributed by atoms with van der Waals surface area (Å²) in [6, 6.07) is 5.73. The second kappa shape index (κ2) is 7.62. The number of amides is 1. The summed E-state index contributed by atoms with van der Waals surface area (Å²) in [7, 11) is 3.88. The molecule has 0 radical (unpaired) electrons. The van der Waals surface area contributed by atoms with Crippen molar-refractivity contribution in [1.82, 2.24) is 5.32 Å². The average Bonchev–Trinajstić information content (AvgIpc) is 2.43. The highest BCUT2D eigenvalue weighted by atomic mass is 16.5. The number of ether oxygens (including phenoxy) is 1. The molecule has 112 valence electrons. The first-order valence-electron chi connectivity index (χ1n) is 6.96. The molecule has 1 amide bonds. The molecule has 20 heavy (non-hydrogen) atoms. The number of nitrogens with zero attached hydrogens (tertiary/aromatic N) is 1. The van der Waals surface area contributed by atoms with E-state index in [-0.39, 0.29) is 18.6 Å². The first-order valence-corrected chi connectivity index (χ1v) is 6.96. The van der Waals surface area contributed by atoms with Gasteiger partial charge in [0.15, 0.2) is 6.61 Å². The van der Waals surface area contributed by atoms with Gasteiger partial charge in [0.1, 0.15) is 5.75 Å². The van der Waals surface area contributed by atoms with E-state index in [4.69, 9.17) is 10.5 Å². The largest absolute Gasteiger partial charge is 0.482 e. The summed E-state index contributed by atoms with van der Waals surface area (Å²) in [6.07, 6.45) is 1.83. The maximum Gasteiger partial charge on any atom is 0.258 e. The van der Waals surface area contributed by atoms with Crippen molar-refractivity contribution < 1.29 is 9.53 Å². The molecule has 0 saturated heterocycles. The third-order valence-corrected chi connectivity index (χ3v) is 3.22. The molecule has 0 bridgehead atoms. The fraction of sp³-hybridized carbons (Fsp3) is 0.533. The number of hydrogen-bond donors (Lipinski definition) is 2. The van der Waals surface area contributed by atoms with Gasteiger partial charge in [0.25, 0.3) is 5.91 Å². The van der Waals surface area contributed by atoms with Crippen LogP contribution in [0.15, 0.2) is 18.2 Å². The van der Waals surface area contributed by atoms with Gasteiger partial charge >= 0.3 is 0 Å². The number of nitrogen functional groups attached to an aromatic ring is 1. The summed E-state index contributed by atoms with van der Waals surface area (Å²) in [5, 5.41) is 2.93. The Bertz CT molecular complexity index is 443. The lowest BCUT2D eigenvalue weighted by Gasteiger charge is -2.17. The lowest BCUT2D eigenvalue weighted by molar-refractivity contribution is -0.123. The third kappa shape index (κ3) is 4.64. The molecule has 0 aromatic heterocycles. The molecule has 5 nitrogen and oxygen atoms in total. The molecule has 0 aliphatic heterocycles. The van der Waals surface area contributed by atoms with Crippen molar-refractivity contribution in [1.29, 1.82) is 0 Å². The van der Waals surface area contributed by atoms with Gasteiger partial charge in [-0.25, -0.2) is 0 Å². The molecule has 0 fully saturated rings. The van der Waals surface area contributed by atoms with Gasteiger partial charge < -0.3 is 20.7 Å². The molecule has 1 aromatic carbocycles. The summed E-state index contributed by atoms with van der Waals surface area (Å²) in [6.45, 7) is 4.08. The lowest BCUT2D eigenvalue weighted by Crippen LogP contribution is -2.37. The zero-order chi connectivity index (χ0) is 15.1. The highest BCUT2D eigenvalue weighted by molar-refractivity contribution is 5.78. The predicted molar refractivity (Wildman–Crippen MR) is 83.2 cm³/mol. The fourth-order valence-corrected chi connectivity index (χ4v) is 1.83. The Labute approximate surface area is 121 Å². The summed E-state index contributed by atoms with van der Waals surface area (Å²) in [5.74, 6) is 0.421. The maximum atomic E-state index is 11.8. The van der Waals surface area contributed by atoms with Crippen LogP contribution in [0.4, 0.5) is 11.4 Å². The van der Waals surface area contributed by atoms with Crippen molar-refractivity contribution in [3.8, 4) is 5.75 Å². The van der Waals surface area contributed by atoms with Gasteiger partial charge in [-0.1, -0.05) is 13.8 Å². The molecule has 0 spiro atoms. The van der Waals surface area contributed by atoms with E-state index >= 15 is 0 Å². The van der Waals surface area contributed by atoms with Crippen LogP contribution in [-0.4, -0.2) is 32.7 Å². The van der Waals surface area contributed by atoms with Gasteiger partial charge in [-0.05, 0) is 25.0 Å². The number of rotatable bonds is 7. The molecule has 0 aliphatic carbocycles. The Morgan fingerprint density at radius 3 is 2.55 bits per heavy atom. The molecule has 1 aromatic rings. The second-order valence-electron chi connectivity index (χ2n) is 4.99. The Morgan fingerprint density at radius 1 is 1.35 bits per heavy atom. The summed E-state index contributed by atoms with van der Waals surface area (Å²) >= 11 is 0. The molecule has 3 N–H and O–H groups in total. The normalized spacial score (nSPS) is 10.4. The average molecular weight is 279 g/mol. The monoisotopic (exact) mass is 279 g/mol. The zero-order valence-electron chi connectivity index (χ0n) is 12.8. The smallest absolute Gasteiger partial charge is 0.258 e. The Hall–Kier alpha value is -1.91. The number of nitrogens with one attached hydrogen (secondary N) is 1. The molecular formula is C15H25N3O2. The Morgan fingerprint density at radius 2 is 2.00 bits per heavy atom. The summed E-state index contributed by atoms with van der Waals surface area (Å²) < 4.78 is 5.52. The van der Waals surface area contributed by atoms with E-state index < -0.39 is 0 Å². The van der Waals surface area contributed by atoms with Crippen LogP contribution in [0.3, 0.4) is 0 Å². The van der Waals surface area contributed by atoms with Gasteiger partial charge in [0, 0.05) is 31.9 Å². The van der Waals surface area contributed by atoms with Crippen LogP contribution in [0.2, 0.25) is 0 Å². The number of carbonyl (C=O) groups is 1. The molecule has 1 rings (SSSR count). The third-order valence-electron chi connectivity index (χ3n) is 3.22. The molecule has 0 unspecified atom stereocenters. The highest BCUT2D eigenvalue weighted by Gasteiger charge is 2.10. The topological polar surface area (TPSA) is 67.6 Å². The number of carbonyl (C=O) groups excluding carboxylic acids is 1. The van der Waals surface area contributed by atoms with Crippen molar-refractivity contribution in [2.45, 2.75) is 32.7 Å². The maximum absolute atomic E-state index is 11.8. The minimum atomic E-state index is -0.117. The van der Waals surface area contributed by atoms with E-state index in [0.717, 1.165) is 18.5 Å². The van der Waals surface area contributed by atoms with Crippen molar-refractivity contribution in [2.75, 3.05) is 31.3 Å². The van der Waals surface area contributed by atoms with Crippen LogP contribution in [0.5, 0.6) is 5.75 Å². The van der Waals surface area contributed by atoms with Crippen LogP contribution in [0, 0.1) is 0 Å². The Balaban J connectivity index is 2.61. The minimum absolute atomic E-state index is 0.0163. The van der Waals surface area contributed by atoms with E-state index in [0.29, 0.717) is 11.4 Å². The van der Waals surface area contributed by atoms with Crippen molar-refractivity contribution >= 4 is 17.3 Å². The van der Waals surface area contributed by atoms with Crippen LogP contribution >= 0.6 is 0 Å². The molecule has 0 saturated carbocycles. The quantitative estimate of drug-likeness (QED) is 0.749. The fourth-order valence-electron chi connectivity index (χ4n) is 1.83. The summed E-state index contributed by atoms with van der Waals surface area (Å²) in [4.78, 5) is 13.7. The molecule has 0 aliphatic rings. The van der Waals surface area contributed by atoms with Gasteiger partial charge in [0.05, 0.1) is 5.69 Å². The van der Waals surface area contributed by atoms with E-state index in [1.54, 1.807) is 6.07 Å². The molecule has 5 heteroatoms. The first-order chi connectivity index (χ1) is 9.47.